The summed E-state index contributed by atoms with van der Waals surface area (Å²) in [6.07, 6.45) is 0.279. The van der Waals surface area contributed by atoms with E-state index in [1.165, 1.54) is 24.3 Å². The van der Waals surface area contributed by atoms with Crippen molar-refractivity contribution in [3.05, 3.63) is 69.8 Å². The number of carboxylic acids is 1. The van der Waals surface area contributed by atoms with Gasteiger partial charge in [0.2, 0.25) is 0 Å². The molecule has 0 aliphatic rings. The number of ether oxygens (including phenoxy) is 1. The van der Waals surface area contributed by atoms with Gasteiger partial charge >= 0.3 is 5.97 Å². The van der Waals surface area contributed by atoms with Crippen molar-refractivity contribution in [3.8, 4) is 5.75 Å². The van der Waals surface area contributed by atoms with Gasteiger partial charge in [0.05, 0.1) is 17.4 Å². The summed E-state index contributed by atoms with van der Waals surface area (Å²) in [4.78, 5) is 21.6. The fraction of sp³-hybridized carbons (Fsp3) is 0.235. The minimum Gasteiger partial charge on any atom is -0.493 e. The number of carbonyl (C=O) groups is 1. The van der Waals surface area contributed by atoms with Gasteiger partial charge in [-0.2, -0.15) is 0 Å². The van der Waals surface area contributed by atoms with E-state index in [1.807, 2.05) is 31.2 Å². The van der Waals surface area contributed by atoms with Crippen molar-refractivity contribution >= 4 is 11.7 Å². The Morgan fingerprint density at radius 1 is 1.22 bits per heavy atom. The number of non-ortho nitro benzene ring substituents is 1. The fourth-order valence-corrected chi connectivity index (χ4v) is 2.27. The van der Waals surface area contributed by atoms with Crippen LogP contribution >= 0.6 is 0 Å². The molecule has 120 valence electrons. The SMILES string of the molecule is Cc1ccccc1OCCC(C(=O)O)c1ccc([N+](=O)[O-])cc1. The number of carboxylic acid groups (broad SMARTS) is 1. The highest BCUT2D eigenvalue weighted by molar-refractivity contribution is 5.76. The van der Waals surface area contributed by atoms with E-state index in [2.05, 4.69) is 0 Å². The van der Waals surface area contributed by atoms with Gasteiger partial charge in [-0.1, -0.05) is 30.3 Å². The average molecular weight is 315 g/mol. The summed E-state index contributed by atoms with van der Waals surface area (Å²) in [7, 11) is 0. The van der Waals surface area contributed by atoms with Crippen LogP contribution in [-0.4, -0.2) is 22.6 Å². The third-order valence-corrected chi connectivity index (χ3v) is 3.56. The Bertz CT molecular complexity index is 696. The lowest BCUT2D eigenvalue weighted by Crippen LogP contribution is -2.15. The number of aliphatic carboxylic acids is 1. The number of nitro benzene ring substituents is 1. The molecule has 1 unspecified atom stereocenters. The molecule has 0 radical (unpaired) electrons. The maximum atomic E-state index is 11.4. The van der Waals surface area contributed by atoms with Crippen LogP contribution in [0.5, 0.6) is 5.75 Å². The van der Waals surface area contributed by atoms with Gasteiger partial charge in [0.1, 0.15) is 5.75 Å². The van der Waals surface area contributed by atoms with Crippen LogP contribution < -0.4 is 4.74 Å². The van der Waals surface area contributed by atoms with Crippen molar-refractivity contribution in [2.24, 2.45) is 0 Å². The molecule has 2 aromatic carbocycles. The van der Waals surface area contributed by atoms with Crippen LogP contribution in [0.15, 0.2) is 48.5 Å². The lowest BCUT2D eigenvalue weighted by molar-refractivity contribution is -0.384. The van der Waals surface area contributed by atoms with Gasteiger partial charge in [0.25, 0.3) is 5.69 Å². The summed E-state index contributed by atoms with van der Waals surface area (Å²) < 4.78 is 5.63. The van der Waals surface area contributed by atoms with Crippen LogP contribution in [0.3, 0.4) is 0 Å². The maximum Gasteiger partial charge on any atom is 0.311 e. The molecule has 23 heavy (non-hydrogen) atoms. The first kappa shape index (κ1) is 16.5. The van der Waals surface area contributed by atoms with Crippen LogP contribution in [0, 0.1) is 17.0 Å². The van der Waals surface area contributed by atoms with E-state index in [0.717, 1.165) is 11.3 Å². The average Bonchev–Trinajstić information content (AvgIpc) is 2.53. The quantitative estimate of drug-likeness (QED) is 0.623. The molecule has 0 saturated carbocycles. The summed E-state index contributed by atoms with van der Waals surface area (Å²) >= 11 is 0. The van der Waals surface area contributed by atoms with Gasteiger partial charge in [-0.15, -0.1) is 0 Å². The van der Waals surface area contributed by atoms with Gasteiger partial charge in [-0.3, -0.25) is 14.9 Å². The third-order valence-electron chi connectivity index (χ3n) is 3.56. The molecule has 1 atom stereocenters. The molecule has 0 bridgehead atoms. The second-order valence-electron chi connectivity index (χ2n) is 5.14. The van der Waals surface area contributed by atoms with E-state index < -0.39 is 16.8 Å². The fourth-order valence-electron chi connectivity index (χ4n) is 2.27. The van der Waals surface area contributed by atoms with Crippen LogP contribution in [0.4, 0.5) is 5.69 Å². The Hall–Kier alpha value is -2.89. The number of nitrogens with zero attached hydrogens (tertiary/aromatic N) is 1. The van der Waals surface area contributed by atoms with Gasteiger partial charge in [-0.05, 0) is 30.5 Å². The molecule has 0 saturated heterocycles. The maximum absolute atomic E-state index is 11.4. The van der Waals surface area contributed by atoms with E-state index in [1.54, 1.807) is 0 Å². The zero-order valence-electron chi connectivity index (χ0n) is 12.6. The van der Waals surface area contributed by atoms with E-state index >= 15 is 0 Å². The normalized spacial score (nSPS) is 11.7. The molecule has 0 heterocycles. The number of nitro groups is 1. The second kappa shape index (κ2) is 7.40. The highest BCUT2D eigenvalue weighted by atomic mass is 16.6. The van der Waals surface area contributed by atoms with Crippen molar-refractivity contribution in [2.45, 2.75) is 19.3 Å². The molecule has 6 heteroatoms. The van der Waals surface area contributed by atoms with Gasteiger partial charge in [0, 0.05) is 12.1 Å². The number of aryl methyl sites for hydroxylation is 1. The molecule has 6 nitrogen and oxygen atoms in total. The Labute approximate surface area is 133 Å². The molecule has 0 aliphatic carbocycles. The molecule has 0 fully saturated rings. The third kappa shape index (κ3) is 4.29. The number of hydrogen-bond donors (Lipinski definition) is 1. The van der Waals surface area contributed by atoms with Crippen LogP contribution in [-0.2, 0) is 4.79 Å². The van der Waals surface area contributed by atoms with Crippen LogP contribution in [0.25, 0.3) is 0 Å². The zero-order chi connectivity index (χ0) is 16.8. The largest absolute Gasteiger partial charge is 0.493 e. The molecule has 2 rings (SSSR count). The smallest absolute Gasteiger partial charge is 0.311 e. The second-order valence-corrected chi connectivity index (χ2v) is 5.14. The number of rotatable bonds is 7. The van der Waals surface area contributed by atoms with Crippen LogP contribution in [0.1, 0.15) is 23.5 Å². The predicted octanol–water partition coefficient (Wildman–Crippen LogP) is 3.54. The molecule has 0 spiro atoms. The molecular formula is C17H17NO5. The van der Waals surface area contributed by atoms with Crippen molar-refractivity contribution in [1.82, 2.24) is 0 Å². The molecule has 0 aliphatic heterocycles. The van der Waals surface area contributed by atoms with E-state index in [-0.39, 0.29) is 18.7 Å². The van der Waals surface area contributed by atoms with E-state index in [9.17, 15) is 20.0 Å². The molecule has 1 N–H and O–H groups in total. The van der Waals surface area contributed by atoms with Crippen molar-refractivity contribution in [3.63, 3.8) is 0 Å². The van der Waals surface area contributed by atoms with Crippen molar-refractivity contribution in [1.29, 1.82) is 0 Å². The zero-order valence-corrected chi connectivity index (χ0v) is 12.6. The Morgan fingerprint density at radius 2 is 1.87 bits per heavy atom. The van der Waals surface area contributed by atoms with E-state index in [0.29, 0.717) is 5.56 Å². The first-order chi connectivity index (χ1) is 11.0. The molecule has 2 aromatic rings. The molecular weight excluding hydrogens is 298 g/mol. The van der Waals surface area contributed by atoms with Gasteiger partial charge in [-0.25, -0.2) is 0 Å². The molecule has 0 amide bonds. The number of hydrogen-bond acceptors (Lipinski definition) is 4. The van der Waals surface area contributed by atoms with Crippen LogP contribution in [0.2, 0.25) is 0 Å². The Kier molecular flexibility index (Phi) is 5.30. The highest BCUT2D eigenvalue weighted by Crippen LogP contribution is 2.24. The summed E-state index contributed by atoms with van der Waals surface area (Å²) in [5.41, 5.74) is 1.44. The van der Waals surface area contributed by atoms with Crippen molar-refractivity contribution in [2.75, 3.05) is 6.61 Å². The number of para-hydroxylation sites is 1. The Morgan fingerprint density at radius 3 is 2.43 bits per heavy atom. The summed E-state index contributed by atoms with van der Waals surface area (Å²) in [6.45, 7) is 2.17. The summed E-state index contributed by atoms with van der Waals surface area (Å²) in [5, 5.41) is 20.0. The van der Waals surface area contributed by atoms with Gasteiger partial charge < -0.3 is 9.84 Å². The Balaban J connectivity index is 2.03. The van der Waals surface area contributed by atoms with E-state index in [4.69, 9.17) is 4.74 Å². The number of benzene rings is 2. The minimum atomic E-state index is -0.979. The first-order valence-electron chi connectivity index (χ1n) is 7.14. The predicted molar refractivity (Wildman–Crippen MR) is 84.8 cm³/mol. The minimum absolute atomic E-state index is 0.0611. The monoisotopic (exact) mass is 315 g/mol. The summed E-state index contributed by atoms with van der Waals surface area (Å²) in [6, 6.07) is 13.1. The lowest BCUT2D eigenvalue weighted by atomic mass is 9.96. The standard InChI is InChI=1S/C17H17NO5/c1-12-4-2-3-5-16(12)23-11-10-15(17(19)20)13-6-8-14(9-7-13)18(21)22/h2-9,15H,10-11H2,1H3,(H,19,20). The van der Waals surface area contributed by atoms with Crippen molar-refractivity contribution < 1.29 is 19.6 Å². The van der Waals surface area contributed by atoms with Gasteiger partial charge in [0.15, 0.2) is 0 Å². The molecule has 0 aromatic heterocycles. The highest BCUT2D eigenvalue weighted by Gasteiger charge is 2.20. The lowest BCUT2D eigenvalue weighted by Gasteiger charge is -2.14. The summed E-state index contributed by atoms with van der Waals surface area (Å²) in [5.74, 6) is -1.02. The topological polar surface area (TPSA) is 89.7 Å². The first-order valence-corrected chi connectivity index (χ1v) is 7.14.